The highest BCUT2D eigenvalue weighted by Crippen LogP contribution is 2.27. The maximum Gasteiger partial charge on any atom is 0.240 e. The van der Waals surface area contributed by atoms with Gasteiger partial charge in [0.2, 0.25) is 5.91 Å². The zero-order valence-electron chi connectivity index (χ0n) is 11.7. The summed E-state index contributed by atoms with van der Waals surface area (Å²) < 4.78 is 14.4. The Balaban J connectivity index is 1.97. The molecule has 106 valence electrons. The van der Waals surface area contributed by atoms with Gasteiger partial charge in [-0.05, 0) is 24.1 Å². The largest absolute Gasteiger partial charge is 0.273 e. The molecule has 0 saturated carbocycles. The van der Waals surface area contributed by atoms with Gasteiger partial charge >= 0.3 is 0 Å². The SMILES string of the molecule is Cc1ccccc1-c1ccc(C2=NNC(=O)CC2)cc1F. The average molecular weight is 282 g/mol. The van der Waals surface area contributed by atoms with Gasteiger partial charge in [0.25, 0.3) is 0 Å². The summed E-state index contributed by atoms with van der Waals surface area (Å²) in [6, 6.07) is 12.8. The van der Waals surface area contributed by atoms with Crippen LogP contribution in [0.2, 0.25) is 0 Å². The number of hydrazone groups is 1. The van der Waals surface area contributed by atoms with Gasteiger partial charge in [0.05, 0.1) is 5.71 Å². The lowest BCUT2D eigenvalue weighted by molar-refractivity contribution is -0.121. The van der Waals surface area contributed by atoms with Crippen molar-refractivity contribution in [3.8, 4) is 11.1 Å². The molecule has 0 unspecified atom stereocenters. The summed E-state index contributed by atoms with van der Waals surface area (Å²) in [5, 5.41) is 3.99. The first-order chi connectivity index (χ1) is 10.1. The summed E-state index contributed by atoms with van der Waals surface area (Å²) in [6.45, 7) is 1.96. The predicted molar refractivity (Wildman–Crippen MR) is 80.5 cm³/mol. The molecule has 0 fully saturated rings. The zero-order chi connectivity index (χ0) is 14.8. The van der Waals surface area contributed by atoms with E-state index in [4.69, 9.17) is 0 Å². The lowest BCUT2D eigenvalue weighted by atomic mass is 9.97. The van der Waals surface area contributed by atoms with Crippen LogP contribution in [-0.4, -0.2) is 11.6 Å². The number of carbonyl (C=O) groups is 1. The minimum absolute atomic E-state index is 0.101. The molecule has 0 spiro atoms. The molecular weight excluding hydrogens is 267 g/mol. The molecule has 4 heteroatoms. The second kappa shape index (κ2) is 5.48. The summed E-state index contributed by atoms with van der Waals surface area (Å²) >= 11 is 0. The van der Waals surface area contributed by atoms with Gasteiger partial charge in [0.1, 0.15) is 5.82 Å². The van der Waals surface area contributed by atoms with Crippen LogP contribution in [0.3, 0.4) is 0 Å². The first-order valence-corrected chi connectivity index (χ1v) is 6.86. The van der Waals surface area contributed by atoms with E-state index in [1.54, 1.807) is 6.07 Å². The van der Waals surface area contributed by atoms with Gasteiger partial charge < -0.3 is 0 Å². The number of amides is 1. The van der Waals surface area contributed by atoms with Crippen LogP contribution in [0.5, 0.6) is 0 Å². The van der Waals surface area contributed by atoms with Gasteiger partial charge in [-0.25, -0.2) is 9.82 Å². The summed E-state index contributed by atoms with van der Waals surface area (Å²) in [6.07, 6.45) is 0.926. The van der Waals surface area contributed by atoms with Crippen LogP contribution in [0, 0.1) is 12.7 Å². The van der Waals surface area contributed by atoms with Crippen molar-refractivity contribution in [2.24, 2.45) is 5.10 Å². The van der Waals surface area contributed by atoms with Gasteiger partial charge in [0, 0.05) is 24.0 Å². The highest BCUT2D eigenvalue weighted by molar-refractivity contribution is 6.04. The summed E-state index contributed by atoms with van der Waals surface area (Å²) in [5.41, 5.74) is 6.36. The fraction of sp³-hybridized carbons (Fsp3) is 0.176. The van der Waals surface area contributed by atoms with Crippen LogP contribution in [0.15, 0.2) is 47.6 Å². The molecule has 21 heavy (non-hydrogen) atoms. The Morgan fingerprint density at radius 2 is 1.90 bits per heavy atom. The molecule has 1 N–H and O–H groups in total. The molecule has 1 aliphatic heterocycles. The second-order valence-electron chi connectivity index (χ2n) is 5.10. The van der Waals surface area contributed by atoms with Crippen molar-refractivity contribution in [2.45, 2.75) is 19.8 Å². The molecule has 1 aliphatic rings. The Labute approximate surface area is 122 Å². The Kier molecular flexibility index (Phi) is 3.52. The third kappa shape index (κ3) is 2.70. The second-order valence-corrected chi connectivity index (χ2v) is 5.10. The number of hydrogen-bond donors (Lipinski definition) is 1. The molecule has 3 rings (SSSR count). The van der Waals surface area contributed by atoms with Crippen LogP contribution in [-0.2, 0) is 4.79 Å². The van der Waals surface area contributed by atoms with Crippen molar-refractivity contribution >= 4 is 11.6 Å². The van der Waals surface area contributed by atoms with Crippen molar-refractivity contribution in [3.05, 3.63) is 59.4 Å². The van der Waals surface area contributed by atoms with Crippen molar-refractivity contribution in [2.75, 3.05) is 0 Å². The standard InChI is InChI=1S/C17H15FN2O/c1-11-4-2-3-5-13(11)14-7-6-12(10-15(14)18)16-8-9-17(21)20-19-16/h2-7,10H,8-9H2,1H3,(H,20,21). The molecule has 0 aliphatic carbocycles. The third-order valence-electron chi connectivity index (χ3n) is 3.64. The number of hydrogen-bond acceptors (Lipinski definition) is 2. The van der Waals surface area contributed by atoms with E-state index < -0.39 is 0 Å². The van der Waals surface area contributed by atoms with Crippen LogP contribution >= 0.6 is 0 Å². The van der Waals surface area contributed by atoms with Crippen molar-refractivity contribution in [1.82, 2.24) is 5.43 Å². The zero-order valence-corrected chi connectivity index (χ0v) is 11.7. The van der Waals surface area contributed by atoms with E-state index in [2.05, 4.69) is 10.5 Å². The maximum atomic E-state index is 14.4. The fourth-order valence-electron chi connectivity index (χ4n) is 2.47. The molecule has 1 heterocycles. The Hall–Kier alpha value is -2.49. The molecule has 2 aromatic rings. The van der Waals surface area contributed by atoms with E-state index in [1.165, 1.54) is 6.07 Å². The number of nitrogens with zero attached hydrogens (tertiary/aromatic N) is 1. The van der Waals surface area contributed by atoms with E-state index in [-0.39, 0.29) is 11.7 Å². The van der Waals surface area contributed by atoms with Crippen LogP contribution in [0.4, 0.5) is 4.39 Å². The van der Waals surface area contributed by atoms with E-state index in [0.717, 1.165) is 11.1 Å². The molecule has 1 amide bonds. The molecule has 0 aromatic heterocycles. The molecule has 0 saturated heterocycles. The van der Waals surface area contributed by atoms with Gasteiger partial charge in [-0.1, -0.05) is 36.4 Å². The number of benzene rings is 2. The number of aryl methyl sites for hydroxylation is 1. The van der Waals surface area contributed by atoms with E-state index >= 15 is 0 Å². The molecule has 0 atom stereocenters. The van der Waals surface area contributed by atoms with Crippen LogP contribution < -0.4 is 5.43 Å². The van der Waals surface area contributed by atoms with Gasteiger partial charge in [-0.15, -0.1) is 0 Å². The summed E-state index contributed by atoms with van der Waals surface area (Å²) in [5.74, 6) is -0.378. The van der Waals surface area contributed by atoms with Gasteiger partial charge in [0.15, 0.2) is 0 Å². The lowest BCUT2D eigenvalue weighted by Crippen LogP contribution is -2.25. The quantitative estimate of drug-likeness (QED) is 0.901. The number of nitrogens with one attached hydrogen (secondary N) is 1. The van der Waals surface area contributed by atoms with Crippen molar-refractivity contribution < 1.29 is 9.18 Å². The van der Waals surface area contributed by atoms with Crippen LogP contribution in [0.1, 0.15) is 24.0 Å². The Bertz CT molecular complexity index is 737. The van der Waals surface area contributed by atoms with E-state index in [9.17, 15) is 9.18 Å². The first kappa shape index (κ1) is 13.5. The van der Waals surface area contributed by atoms with E-state index in [0.29, 0.717) is 29.7 Å². The number of halogens is 1. The average Bonchev–Trinajstić information content (AvgIpc) is 2.49. The lowest BCUT2D eigenvalue weighted by Gasteiger charge is -2.13. The summed E-state index contributed by atoms with van der Waals surface area (Å²) in [4.78, 5) is 11.1. The fourth-order valence-corrected chi connectivity index (χ4v) is 2.47. The predicted octanol–water partition coefficient (Wildman–Crippen LogP) is 3.42. The molecular formula is C17H15FN2O. The monoisotopic (exact) mass is 282 g/mol. The smallest absolute Gasteiger partial charge is 0.240 e. The number of rotatable bonds is 2. The molecule has 0 radical (unpaired) electrons. The molecule has 3 nitrogen and oxygen atoms in total. The topological polar surface area (TPSA) is 41.5 Å². The normalized spacial score (nSPS) is 14.6. The minimum atomic E-state index is -0.276. The van der Waals surface area contributed by atoms with E-state index in [1.807, 2.05) is 37.3 Å². The maximum absolute atomic E-state index is 14.4. The first-order valence-electron chi connectivity index (χ1n) is 6.86. The molecule has 2 aromatic carbocycles. The Morgan fingerprint density at radius 1 is 1.10 bits per heavy atom. The van der Waals surface area contributed by atoms with Gasteiger partial charge in [-0.3, -0.25) is 4.79 Å². The van der Waals surface area contributed by atoms with Crippen molar-refractivity contribution in [1.29, 1.82) is 0 Å². The molecule has 0 bridgehead atoms. The highest BCUT2D eigenvalue weighted by Gasteiger charge is 2.15. The Morgan fingerprint density at radius 3 is 2.57 bits per heavy atom. The van der Waals surface area contributed by atoms with Crippen LogP contribution in [0.25, 0.3) is 11.1 Å². The minimum Gasteiger partial charge on any atom is -0.273 e. The number of carbonyl (C=O) groups excluding carboxylic acids is 1. The highest BCUT2D eigenvalue weighted by atomic mass is 19.1. The third-order valence-corrected chi connectivity index (χ3v) is 3.64. The summed E-state index contributed by atoms with van der Waals surface area (Å²) in [7, 11) is 0. The van der Waals surface area contributed by atoms with Crippen molar-refractivity contribution in [3.63, 3.8) is 0 Å². The van der Waals surface area contributed by atoms with Gasteiger partial charge in [-0.2, -0.15) is 5.10 Å².